The molecular formula is C18H18N2O3. The molecule has 3 rings (SSSR count). The van der Waals surface area contributed by atoms with E-state index >= 15 is 0 Å². The third kappa shape index (κ3) is 2.93. The van der Waals surface area contributed by atoms with Crippen LogP contribution in [0.3, 0.4) is 0 Å². The number of aromatic nitrogens is 1. The lowest BCUT2D eigenvalue weighted by atomic mass is 10.0. The van der Waals surface area contributed by atoms with Gasteiger partial charge in [-0.1, -0.05) is 19.9 Å². The largest absolute Gasteiger partial charge is 0.454 e. The summed E-state index contributed by atoms with van der Waals surface area (Å²) in [5, 5.41) is 9.44. The fraction of sp³-hybridized carbons (Fsp3) is 0.333. The molecule has 2 aromatic rings. The van der Waals surface area contributed by atoms with Gasteiger partial charge in [-0.25, -0.2) is 0 Å². The number of rotatable bonds is 4. The zero-order chi connectivity index (χ0) is 16.4. The first-order chi connectivity index (χ1) is 11.1. The highest BCUT2D eigenvalue weighted by molar-refractivity contribution is 5.72. The maximum Gasteiger partial charge on any atom is 0.269 e. The van der Waals surface area contributed by atoms with Gasteiger partial charge < -0.3 is 14.0 Å². The number of nitrogens with zero attached hydrogens (tertiary/aromatic N) is 2. The van der Waals surface area contributed by atoms with Crippen LogP contribution in [0, 0.1) is 17.2 Å². The van der Waals surface area contributed by atoms with E-state index in [1.807, 2.05) is 12.1 Å². The molecule has 0 fully saturated rings. The molecule has 1 aliphatic heterocycles. The predicted molar refractivity (Wildman–Crippen MR) is 86.4 cm³/mol. The van der Waals surface area contributed by atoms with Crippen LogP contribution in [0.25, 0.3) is 11.1 Å². The van der Waals surface area contributed by atoms with Crippen molar-refractivity contribution in [3.63, 3.8) is 0 Å². The van der Waals surface area contributed by atoms with E-state index in [9.17, 15) is 10.1 Å². The van der Waals surface area contributed by atoms with Crippen molar-refractivity contribution < 1.29 is 9.47 Å². The number of pyridine rings is 1. The van der Waals surface area contributed by atoms with E-state index in [-0.39, 0.29) is 17.9 Å². The summed E-state index contributed by atoms with van der Waals surface area (Å²) < 4.78 is 12.3. The van der Waals surface area contributed by atoms with E-state index in [2.05, 4.69) is 19.9 Å². The maximum absolute atomic E-state index is 12.5. The van der Waals surface area contributed by atoms with E-state index < -0.39 is 0 Å². The molecule has 1 aromatic heterocycles. The van der Waals surface area contributed by atoms with E-state index in [1.54, 1.807) is 22.9 Å². The normalized spacial score (nSPS) is 12.4. The zero-order valence-corrected chi connectivity index (χ0v) is 13.2. The van der Waals surface area contributed by atoms with Crippen LogP contribution in [0.15, 0.2) is 35.3 Å². The van der Waals surface area contributed by atoms with Gasteiger partial charge in [-0.3, -0.25) is 4.79 Å². The SMILES string of the molecule is CC(C)CCn1ccc(-c2ccc3c(c2)OCO3)c(C#N)c1=O. The Balaban J connectivity index is 2.02. The van der Waals surface area contributed by atoms with Gasteiger partial charge >= 0.3 is 0 Å². The van der Waals surface area contributed by atoms with Crippen molar-refractivity contribution in [2.24, 2.45) is 5.92 Å². The molecule has 5 heteroatoms. The van der Waals surface area contributed by atoms with Crippen molar-refractivity contribution >= 4 is 0 Å². The molecule has 0 N–H and O–H groups in total. The van der Waals surface area contributed by atoms with Crippen LogP contribution in [-0.2, 0) is 6.54 Å². The van der Waals surface area contributed by atoms with Crippen molar-refractivity contribution in [3.05, 3.63) is 46.4 Å². The number of hydrogen-bond acceptors (Lipinski definition) is 4. The third-order valence-electron chi connectivity index (χ3n) is 3.91. The van der Waals surface area contributed by atoms with Crippen molar-refractivity contribution in [3.8, 4) is 28.7 Å². The lowest BCUT2D eigenvalue weighted by Gasteiger charge is -2.11. The number of hydrogen-bond donors (Lipinski definition) is 0. The molecule has 1 aromatic carbocycles. The summed E-state index contributed by atoms with van der Waals surface area (Å²) in [6.45, 7) is 5.03. The highest BCUT2D eigenvalue weighted by Crippen LogP contribution is 2.36. The molecule has 0 amide bonds. The number of aryl methyl sites for hydroxylation is 1. The van der Waals surface area contributed by atoms with Gasteiger partial charge in [-0.2, -0.15) is 5.26 Å². The Hall–Kier alpha value is -2.74. The zero-order valence-electron chi connectivity index (χ0n) is 13.2. The van der Waals surface area contributed by atoms with Crippen molar-refractivity contribution in [1.29, 1.82) is 5.26 Å². The molecule has 0 radical (unpaired) electrons. The molecule has 0 saturated carbocycles. The summed E-state index contributed by atoms with van der Waals surface area (Å²) >= 11 is 0. The van der Waals surface area contributed by atoms with Crippen molar-refractivity contribution in [2.75, 3.05) is 6.79 Å². The van der Waals surface area contributed by atoms with Gasteiger partial charge in [-0.15, -0.1) is 0 Å². The van der Waals surface area contributed by atoms with Gasteiger partial charge in [-0.05, 0) is 36.1 Å². The fourth-order valence-electron chi connectivity index (χ4n) is 2.56. The average molecular weight is 310 g/mol. The smallest absolute Gasteiger partial charge is 0.269 e. The first-order valence-electron chi connectivity index (χ1n) is 7.63. The number of ether oxygens (including phenoxy) is 2. The summed E-state index contributed by atoms with van der Waals surface area (Å²) in [4.78, 5) is 12.5. The lowest BCUT2D eigenvalue weighted by molar-refractivity contribution is 0.174. The molecule has 0 aliphatic carbocycles. The van der Waals surface area contributed by atoms with Gasteiger partial charge in [0.15, 0.2) is 11.5 Å². The number of nitriles is 1. The minimum atomic E-state index is -0.247. The minimum Gasteiger partial charge on any atom is -0.454 e. The highest BCUT2D eigenvalue weighted by atomic mass is 16.7. The molecule has 5 nitrogen and oxygen atoms in total. The minimum absolute atomic E-state index is 0.162. The van der Waals surface area contributed by atoms with Gasteiger partial charge in [0.05, 0.1) is 0 Å². The summed E-state index contributed by atoms with van der Waals surface area (Å²) in [6, 6.07) is 9.30. The fourth-order valence-corrected chi connectivity index (χ4v) is 2.56. The van der Waals surface area contributed by atoms with Gasteiger partial charge in [0.2, 0.25) is 6.79 Å². The Morgan fingerprint density at radius 3 is 2.78 bits per heavy atom. The summed E-state index contributed by atoms with van der Waals surface area (Å²) in [5.74, 6) is 1.81. The molecule has 0 unspecified atom stereocenters. The van der Waals surface area contributed by atoms with Crippen LogP contribution in [0.4, 0.5) is 0 Å². The second-order valence-corrected chi connectivity index (χ2v) is 5.97. The number of fused-ring (bicyclic) bond motifs is 1. The Bertz CT molecular complexity index is 831. The van der Waals surface area contributed by atoms with Gasteiger partial charge in [0.1, 0.15) is 11.6 Å². The molecule has 0 atom stereocenters. The summed E-state index contributed by atoms with van der Waals surface area (Å²) in [7, 11) is 0. The Morgan fingerprint density at radius 1 is 1.26 bits per heavy atom. The molecular weight excluding hydrogens is 292 g/mol. The third-order valence-corrected chi connectivity index (χ3v) is 3.91. The molecule has 23 heavy (non-hydrogen) atoms. The second kappa shape index (κ2) is 6.17. The van der Waals surface area contributed by atoms with E-state index in [0.717, 1.165) is 12.0 Å². The van der Waals surface area contributed by atoms with Crippen LogP contribution in [0.1, 0.15) is 25.8 Å². The topological polar surface area (TPSA) is 64.2 Å². The molecule has 118 valence electrons. The standard InChI is InChI=1S/C18H18N2O3/c1-12(2)5-7-20-8-6-14(15(10-19)18(20)21)13-3-4-16-17(9-13)23-11-22-16/h3-4,6,8-9,12H,5,7,11H2,1-2H3. The molecule has 0 spiro atoms. The quantitative estimate of drug-likeness (QED) is 0.870. The summed E-state index contributed by atoms with van der Waals surface area (Å²) in [5.41, 5.74) is 1.31. The first-order valence-corrected chi connectivity index (χ1v) is 7.63. The molecule has 1 aliphatic rings. The van der Waals surface area contributed by atoms with Crippen molar-refractivity contribution in [2.45, 2.75) is 26.8 Å². The van der Waals surface area contributed by atoms with E-state index in [1.165, 1.54) is 0 Å². The predicted octanol–water partition coefficient (Wildman–Crippen LogP) is 3.16. The number of benzene rings is 1. The van der Waals surface area contributed by atoms with E-state index in [4.69, 9.17) is 9.47 Å². The Labute approximate surface area is 134 Å². The average Bonchev–Trinajstić information content (AvgIpc) is 3.00. The second-order valence-electron chi connectivity index (χ2n) is 5.97. The molecule has 0 saturated heterocycles. The maximum atomic E-state index is 12.5. The summed E-state index contributed by atoms with van der Waals surface area (Å²) in [6.07, 6.45) is 2.65. The van der Waals surface area contributed by atoms with Crippen LogP contribution in [0.2, 0.25) is 0 Å². The Morgan fingerprint density at radius 2 is 2.04 bits per heavy atom. The Kier molecular flexibility index (Phi) is 4.07. The van der Waals surface area contributed by atoms with Crippen LogP contribution < -0.4 is 15.0 Å². The molecule has 0 bridgehead atoms. The lowest BCUT2D eigenvalue weighted by Crippen LogP contribution is -2.23. The van der Waals surface area contributed by atoms with E-state index in [0.29, 0.717) is 29.5 Å². The van der Waals surface area contributed by atoms with Gasteiger partial charge in [0.25, 0.3) is 5.56 Å². The first kappa shape index (κ1) is 15.2. The van der Waals surface area contributed by atoms with Gasteiger partial charge in [0, 0.05) is 18.3 Å². The van der Waals surface area contributed by atoms with Crippen LogP contribution in [0.5, 0.6) is 11.5 Å². The molecule has 2 heterocycles. The van der Waals surface area contributed by atoms with Crippen LogP contribution in [-0.4, -0.2) is 11.4 Å². The van der Waals surface area contributed by atoms with Crippen molar-refractivity contribution in [1.82, 2.24) is 4.57 Å². The van der Waals surface area contributed by atoms with Crippen LogP contribution >= 0.6 is 0 Å². The highest BCUT2D eigenvalue weighted by Gasteiger charge is 2.17. The monoisotopic (exact) mass is 310 g/mol.